The Morgan fingerprint density at radius 2 is 1.94 bits per heavy atom. The number of hydrogen-bond acceptors (Lipinski definition) is 2. The first kappa shape index (κ1) is 14.3. The van der Waals surface area contributed by atoms with E-state index in [1.807, 2.05) is 0 Å². The van der Waals surface area contributed by atoms with Crippen LogP contribution in [-0.4, -0.2) is 24.8 Å². The Morgan fingerprint density at radius 3 is 2.61 bits per heavy atom. The molecule has 1 N–H and O–H groups in total. The fourth-order valence-corrected chi connectivity index (χ4v) is 3.80. The number of hydrogen-bond donors (Lipinski definition) is 1. The second-order valence-electron chi connectivity index (χ2n) is 6.87. The molecule has 2 rings (SSSR count). The zero-order valence-electron chi connectivity index (χ0n) is 12.5. The molecule has 0 amide bonds. The molecule has 0 spiro atoms. The van der Waals surface area contributed by atoms with Crippen molar-refractivity contribution in [1.29, 1.82) is 0 Å². The van der Waals surface area contributed by atoms with Gasteiger partial charge in [-0.3, -0.25) is 0 Å². The summed E-state index contributed by atoms with van der Waals surface area (Å²) < 4.78 is 5.79. The van der Waals surface area contributed by atoms with Gasteiger partial charge < -0.3 is 10.1 Å². The summed E-state index contributed by atoms with van der Waals surface area (Å²) in [5.41, 5.74) is 0. The lowest BCUT2D eigenvalue weighted by Gasteiger charge is -2.34. The van der Waals surface area contributed by atoms with Crippen molar-refractivity contribution in [2.24, 2.45) is 11.8 Å². The van der Waals surface area contributed by atoms with E-state index in [4.69, 9.17) is 4.74 Å². The maximum Gasteiger partial charge on any atom is 0.0726 e. The minimum Gasteiger partial charge on any atom is -0.377 e. The highest BCUT2D eigenvalue weighted by atomic mass is 16.5. The van der Waals surface area contributed by atoms with E-state index in [-0.39, 0.29) is 0 Å². The third-order valence-corrected chi connectivity index (χ3v) is 4.61. The highest BCUT2D eigenvalue weighted by molar-refractivity contribution is 4.84. The predicted molar refractivity (Wildman–Crippen MR) is 76.8 cm³/mol. The fraction of sp³-hybridized carbons (Fsp3) is 1.00. The van der Waals surface area contributed by atoms with Crippen LogP contribution in [0.3, 0.4) is 0 Å². The lowest BCUT2D eigenvalue weighted by molar-refractivity contribution is 0.0751. The van der Waals surface area contributed by atoms with E-state index in [1.165, 1.54) is 44.9 Å². The van der Waals surface area contributed by atoms with Gasteiger partial charge in [0.15, 0.2) is 0 Å². The number of rotatable bonds is 5. The average Bonchev–Trinajstić information content (AvgIpc) is 2.81. The van der Waals surface area contributed by atoms with Crippen LogP contribution < -0.4 is 5.32 Å². The van der Waals surface area contributed by atoms with Crippen molar-refractivity contribution < 1.29 is 4.74 Å². The van der Waals surface area contributed by atoms with E-state index < -0.39 is 0 Å². The fourth-order valence-electron chi connectivity index (χ4n) is 3.80. The second kappa shape index (κ2) is 6.91. The van der Waals surface area contributed by atoms with Gasteiger partial charge in [0.25, 0.3) is 0 Å². The van der Waals surface area contributed by atoms with Gasteiger partial charge in [0, 0.05) is 18.7 Å². The van der Waals surface area contributed by atoms with Gasteiger partial charge in [0.05, 0.1) is 6.10 Å². The molecule has 0 aromatic heterocycles. The van der Waals surface area contributed by atoms with Crippen LogP contribution in [-0.2, 0) is 4.74 Å². The van der Waals surface area contributed by atoms with Crippen LogP contribution in [0.4, 0.5) is 0 Å². The summed E-state index contributed by atoms with van der Waals surface area (Å²) in [5.74, 6) is 1.80. The van der Waals surface area contributed by atoms with Gasteiger partial charge in [-0.25, -0.2) is 0 Å². The standard InChI is InChI=1S/C16H31NO/c1-12(2)10-14-6-4-7-15(11-14)17-13(3)16-8-5-9-18-16/h12-17H,4-11H2,1-3H3. The van der Waals surface area contributed by atoms with E-state index in [2.05, 4.69) is 26.1 Å². The summed E-state index contributed by atoms with van der Waals surface area (Å²) >= 11 is 0. The van der Waals surface area contributed by atoms with Gasteiger partial charge >= 0.3 is 0 Å². The molecule has 2 heteroatoms. The van der Waals surface area contributed by atoms with Crippen molar-refractivity contribution in [3.05, 3.63) is 0 Å². The Hall–Kier alpha value is -0.0800. The summed E-state index contributed by atoms with van der Waals surface area (Å²) in [6.07, 6.45) is 9.98. The molecule has 0 aromatic rings. The van der Waals surface area contributed by atoms with Crippen LogP contribution in [0.5, 0.6) is 0 Å². The lowest BCUT2D eigenvalue weighted by Crippen LogP contribution is -2.45. The van der Waals surface area contributed by atoms with Gasteiger partial charge in [-0.1, -0.05) is 26.7 Å². The summed E-state index contributed by atoms with van der Waals surface area (Å²) in [4.78, 5) is 0. The Labute approximate surface area is 113 Å². The van der Waals surface area contributed by atoms with Gasteiger partial charge in [0.2, 0.25) is 0 Å². The van der Waals surface area contributed by atoms with Crippen LogP contribution >= 0.6 is 0 Å². The molecule has 0 radical (unpaired) electrons. The molecule has 4 unspecified atom stereocenters. The summed E-state index contributed by atoms with van der Waals surface area (Å²) in [6, 6.07) is 1.27. The van der Waals surface area contributed by atoms with Gasteiger partial charge in [-0.2, -0.15) is 0 Å². The Bertz CT molecular complexity index is 235. The Balaban J connectivity index is 1.74. The predicted octanol–water partition coefficient (Wildman–Crippen LogP) is 3.75. The molecule has 1 saturated carbocycles. The summed E-state index contributed by atoms with van der Waals surface area (Å²) in [7, 11) is 0. The molecule has 18 heavy (non-hydrogen) atoms. The minimum absolute atomic E-state index is 0.468. The Morgan fingerprint density at radius 1 is 1.11 bits per heavy atom. The molecule has 2 nitrogen and oxygen atoms in total. The number of ether oxygens (including phenoxy) is 1. The SMILES string of the molecule is CC(C)CC1CCCC(NC(C)C2CCCO2)C1. The molecular formula is C16H31NO. The first-order valence-electron chi connectivity index (χ1n) is 8.02. The van der Waals surface area contributed by atoms with Crippen molar-refractivity contribution in [3.63, 3.8) is 0 Å². The number of nitrogens with one attached hydrogen (secondary N) is 1. The van der Waals surface area contributed by atoms with Crippen LogP contribution in [0.25, 0.3) is 0 Å². The molecule has 106 valence electrons. The van der Waals surface area contributed by atoms with Crippen molar-refractivity contribution >= 4 is 0 Å². The normalized spacial score (nSPS) is 35.0. The molecule has 1 aliphatic carbocycles. The maximum atomic E-state index is 5.79. The molecule has 2 aliphatic rings. The van der Waals surface area contributed by atoms with Crippen molar-refractivity contribution in [3.8, 4) is 0 Å². The van der Waals surface area contributed by atoms with Crippen LogP contribution in [0.2, 0.25) is 0 Å². The molecular weight excluding hydrogens is 222 g/mol. The van der Waals surface area contributed by atoms with E-state index >= 15 is 0 Å². The molecule has 2 fully saturated rings. The molecule has 0 aromatic carbocycles. The van der Waals surface area contributed by atoms with Crippen molar-refractivity contribution in [1.82, 2.24) is 5.32 Å². The smallest absolute Gasteiger partial charge is 0.0726 e. The van der Waals surface area contributed by atoms with Crippen LogP contribution in [0.15, 0.2) is 0 Å². The van der Waals surface area contributed by atoms with Crippen LogP contribution in [0, 0.1) is 11.8 Å². The highest BCUT2D eigenvalue weighted by Crippen LogP contribution is 2.30. The van der Waals surface area contributed by atoms with Gasteiger partial charge in [0.1, 0.15) is 0 Å². The molecule has 1 saturated heterocycles. The van der Waals surface area contributed by atoms with Crippen molar-refractivity contribution in [2.45, 2.75) is 83.9 Å². The van der Waals surface area contributed by atoms with Gasteiger partial charge in [-0.05, 0) is 50.9 Å². The first-order chi connectivity index (χ1) is 8.65. The topological polar surface area (TPSA) is 21.3 Å². The Kier molecular flexibility index (Phi) is 5.50. The van der Waals surface area contributed by atoms with Crippen molar-refractivity contribution in [2.75, 3.05) is 6.61 Å². The molecule has 1 aliphatic heterocycles. The van der Waals surface area contributed by atoms with E-state index in [0.717, 1.165) is 24.5 Å². The summed E-state index contributed by atoms with van der Waals surface area (Å²) in [5, 5.41) is 3.84. The second-order valence-corrected chi connectivity index (χ2v) is 6.87. The quantitative estimate of drug-likeness (QED) is 0.805. The van der Waals surface area contributed by atoms with Gasteiger partial charge in [-0.15, -0.1) is 0 Å². The molecule has 1 heterocycles. The largest absolute Gasteiger partial charge is 0.377 e. The summed E-state index contributed by atoms with van der Waals surface area (Å²) in [6.45, 7) is 7.98. The maximum absolute atomic E-state index is 5.79. The zero-order chi connectivity index (χ0) is 13.0. The van der Waals surface area contributed by atoms with E-state index in [9.17, 15) is 0 Å². The average molecular weight is 253 g/mol. The van der Waals surface area contributed by atoms with E-state index in [0.29, 0.717) is 12.1 Å². The van der Waals surface area contributed by atoms with E-state index in [1.54, 1.807) is 0 Å². The first-order valence-corrected chi connectivity index (χ1v) is 8.02. The monoisotopic (exact) mass is 253 g/mol. The lowest BCUT2D eigenvalue weighted by atomic mass is 9.81. The van der Waals surface area contributed by atoms with Crippen LogP contribution in [0.1, 0.15) is 65.7 Å². The molecule has 4 atom stereocenters. The highest BCUT2D eigenvalue weighted by Gasteiger charge is 2.27. The zero-order valence-corrected chi connectivity index (χ0v) is 12.5. The molecule has 0 bridgehead atoms. The third-order valence-electron chi connectivity index (χ3n) is 4.61. The third kappa shape index (κ3) is 4.24. The minimum atomic E-state index is 0.468.